The molecule has 0 aliphatic heterocycles. The van der Waals surface area contributed by atoms with E-state index in [-0.39, 0.29) is 12.5 Å². The lowest BCUT2D eigenvalue weighted by Crippen LogP contribution is -2.40. The Balaban J connectivity index is 2.60. The number of halogens is 3. The Labute approximate surface area is 114 Å². The van der Waals surface area contributed by atoms with Gasteiger partial charge in [0.25, 0.3) is 0 Å². The number of pyridine rings is 1. The molecule has 0 aliphatic carbocycles. The number of carbonyl (C=O) groups is 1. The summed E-state index contributed by atoms with van der Waals surface area (Å²) in [7, 11) is 0. The Hall–Kier alpha value is -1.99. The maximum Gasteiger partial charge on any atom is 0.417 e. The van der Waals surface area contributed by atoms with E-state index in [0.717, 1.165) is 17.0 Å². The molecule has 1 unspecified atom stereocenters. The number of amides is 1. The van der Waals surface area contributed by atoms with Gasteiger partial charge in [0, 0.05) is 18.8 Å². The van der Waals surface area contributed by atoms with Gasteiger partial charge in [-0.2, -0.15) is 13.2 Å². The van der Waals surface area contributed by atoms with Crippen molar-refractivity contribution in [1.82, 2.24) is 9.88 Å². The third-order valence-electron chi connectivity index (χ3n) is 2.65. The first kappa shape index (κ1) is 16.1. The number of hydrogen-bond acceptors (Lipinski definition) is 3. The third-order valence-corrected chi connectivity index (χ3v) is 2.65. The zero-order valence-electron chi connectivity index (χ0n) is 11.0. The van der Waals surface area contributed by atoms with Crippen molar-refractivity contribution in [2.24, 2.45) is 0 Å². The molecule has 0 bridgehead atoms. The van der Waals surface area contributed by atoms with Crippen LogP contribution in [0.3, 0.4) is 0 Å². The SMILES string of the molecule is CCN(C(=O)O)C(C)COc1ccc(C(F)(F)F)cn1. The monoisotopic (exact) mass is 292 g/mol. The van der Waals surface area contributed by atoms with Gasteiger partial charge in [0.15, 0.2) is 0 Å². The van der Waals surface area contributed by atoms with E-state index in [1.54, 1.807) is 13.8 Å². The van der Waals surface area contributed by atoms with Crippen LogP contribution in [0.1, 0.15) is 19.4 Å². The molecule has 8 heteroatoms. The van der Waals surface area contributed by atoms with Crippen molar-refractivity contribution in [3.63, 3.8) is 0 Å². The van der Waals surface area contributed by atoms with Crippen molar-refractivity contribution in [1.29, 1.82) is 0 Å². The average molecular weight is 292 g/mol. The number of rotatable bonds is 5. The van der Waals surface area contributed by atoms with Crippen molar-refractivity contribution in [3.05, 3.63) is 23.9 Å². The molecule has 0 fully saturated rings. The van der Waals surface area contributed by atoms with Crippen LogP contribution in [0.5, 0.6) is 5.88 Å². The summed E-state index contributed by atoms with van der Waals surface area (Å²) < 4.78 is 42.1. The fraction of sp³-hybridized carbons (Fsp3) is 0.500. The van der Waals surface area contributed by atoms with Gasteiger partial charge in [-0.1, -0.05) is 0 Å². The number of aromatic nitrogens is 1. The van der Waals surface area contributed by atoms with E-state index in [2.05, 4.69) is 4.98 Å². The summed E-state index contributed by atoms with van der Waals surface area (Å²) in [5.41, 5.74) is -0.862. The smallest absolute Gasteiger partial charge is 0.417 e. The molecule has 0 aromatic carbocycles. The molecule has 0 saturated heterocycles. The molecule has 1 rings (SSSR count). The van der Waals surface area contributed by atoms with Gasteiger partial charge in [0.2, 0.25) is 5.88 Å². The van der Waals surface area contributed by atoms with E-state index in [0.29, 0.717) is 12.7 Å². The van der Waals surface area contributed by atoms with Gasteiger partial charge < -0.3 is 14.7 Å². The van der Waals surface area contributed by atoms with Crippen molar-refractivity contribution in [3.8, 4) is 5.88 Å². The summed E-state index contributed by atoms with van der Waals surface area (Å²) in [5.74, 6) is 0.0197. The fourth-order valence-corrected chi connectivity index (χ4v) is 1.56. The number of nitrogens with zero attached hydrogens (tertiary/aromatic N) is 2. The summed E-state index contributed by atoms with van der Waals surface area (Å²) in [6.07, 6.45) is -4.85. The summed E-state index contributed by atoms with van der Waals surface area (Å²) in [6.45, 7) is 3.63. The second kappa shape index (κ2) is 6.44. The summed E-state index contributed by atoms with van der Waals surface area (Å²) >= 11 is 0. The van der Waals surface area contributed by atoms with Crippen LogP contribution in [0.15, 0.2) is 18.3 Å². The number of likely N-dealkylation sites (N-methyl/N-ethyl adjacent to an activating group) is 1. The van der Waals surface area contributed by atoms with Gasteiger partial charge in [0.1, 0.15) is 6.61 Å². The number of ether oxygens (including phenoxy) is 1. The molecule has 112 valence electrons. The molecule has 1 amide bonds. The predicted molar refractivity (Wildman–Crippen MR) is 64.6 cm³/mol. The zero-order valence-corrected chi connectivity index (χ0v) is 11.0. The summed E-state index contributed by atoms with van der Waals surface area (Å²) in [4.78, 5) is 15.6. The molecule has 20 heavy (non-hydrogen) atoms. The van der Waals surface area contributed by atoms with E-state index >= 15 is 0 Å². The van der Waals surface area contributed by atoms with Crippen molar-refractivity contribution >= 4 is 6.09 Å². The van der Waals surface area contributed by atoms with Gasteiger partial charge in [-0.3, -0.25) is 0 Å². The molecule has 0 aliphatic rings. The van der Waals surface area contributed by atoms with Gasteiger partial charge in [-0.15, -0.1) is 0 Å². The van der Waals surface area contributed by atoms with Gasteiger partial charge in [0.05, 0.1) is 11.6 Å². The van der Waals surface area contributed by atoms with Gasteiger partial charge in [-0.25, -0.2) is 9.78 Å². The molecule has 1 atom stereocenters. The van der Waals surface area contributed by atoms with Crippen LogP contribution in [-0.2, 0) is 6.18 Å². The highest BCUT2D eigenvalue weighted by Crippen LogP contribution is 2.29. The topological polar surface area (TPSA) is 62.7 Å². The van der Waals surface area contributed by atoms with Crippen LogP contribution in [0, 0.1) is 0 Å². The second-order valence-electron chi connectivity index (χ2n) is 4.11. The van der Waals surface area contributed by atoms with Crippen LogP contribution in [-0.4, -0.2) is 40.3 Å². The first-order valence-corrected chi connectivity index (χ1v) is 5.91. The Morgan fingerprint density at radius 2 is 2.15 bits per heavy atom. The first-order chi connectivity index (χ1) is 9.25. The van der Waals surface area contributed by atoms with E-state index in [9.17, 15) is 18.0 Å². The van der Waals surface area contributed by atoms with Gasteiger partial charge >= 0.3 is 12.3 Å². The molecule has 0 radical (unpaired) electrons. The molecular weight excluding hydrogens is 277 g/mol. The van der Waals surface area contributed by atoms with Crippen molar-refractivity contribution in [2.75, 3.05) is 13.2 Å². The fourth-order valence-electron chi connectivity index (χ4n) is 1.56. The predicted octanol–water partition coefficient (Wildman–Crippen LogP) is 2.87. The minimum atomic E-state index is -4.44. The largest absolute Gasteiger partial charge is 0.475 e. The van der Waals surface area contributed by atoms with E-state index < -0.39 is 23.9 Å². The van der Waals surface area contributed by atoms with Crippen LogP contribution in [0.2, 0.25) is 0 Å². The molecule has 5 nitrogen and oxygen atoms in total. The number of hydrogen-bond donors (Lipinski definition) is 1. The molecule has 1 aromatic heterocycles. The summed E-state index contributed by atoms with van der Waals surface area (Å²) in [6, 6.07) is 1.54. The number of carboxylic acid groups (broad SMARTS) is 1. The molecule has 1 heterocycles. The minimum absolute atomic E-state index is 0.0124. The highest BCUT2D eigenvalue weighted by Gasteiger charge is 2.30. The quantitative estimate of drug-likeness (QED) is 0.906. The van der Waals surface area contributed by atoms with Crippen molar-refractivity contribution < 1.29 is 27.8 Å². The highest BCUT2D eigenvalue weighted by molar-refractivity contribution is 5.65. The second-order valence-corrected chi connectivity index (χ2v) is 4.11. The molecule has 1 aromatic rings. The Morgan fingerprint density at radius 3 is 2.55 bits per heavy atom. The lowest BCUT2D eigenvalue weighted by atomic mass is 10.3. The van der Waals surface area contributed by atoms with Crippen LogP contribution in [0.4, 0.5) is 18.0 Å². The highest BCUT2D eigenvalue weighted by atomic mass is 19.4. The van der Waals surface area contributed by atoms with E-state index in [1.165, 1.54) is 0 Å². The molecular formula is C12H15F3N2O3. The van der Waals surface area contributed by atoms with E-state index in [4.69, 9.17) is 9.84 Å². The maximum absolute atomic E-state index is 12.3. The van der Waals surface area contributed by atoms with Crippen LogP contribution < -0.4 is 4.74 Å². The molecule has 0 saturated carbocycles. The van der Waals surface area contributed by atoms with Crippen LogP contribution in [0.25, 0.3) is 0 Å². The lowest BCUT2D eigenvalue weighted by Gasteiger charge is -2.24. The van der Waals surface area contributed by atoms with E-state index in [1.807, 2.05) is 0 Å². The van der Waals surface area contributed by atoms with Gasteiger partial charge in [-0.05, 0) is 19.9 Å². The normalized spacial score (nSPS) is 12.8. The Kier molecular flexibility index (Phi) is 5.18. The summed E-state index contributed by atoms with van der Waals surface area (Å²) in [5, 5.41) is 8.90. The zero-order chi connectivity index (χ0) is 15.3. The minimum Gasteiger partial charge on any atom is -0.475 e. The Morgan fingerprint density at radius 1 is 1.50 bits per heavy atom. The third kappa shape index (κ3) is 4.29. The standard InChI is InChI=1S/C12H15F3N2O3/c1-3-17(11(18)19)8(2)7-20-10-5-4-9(6-16-10)12(13,14)15/h4-6,8H,3,7H2,1-2H3,(H,18,19). The van der Waals surface area contributed by atoms with Crippen LogP contribution >= 0.6 is 0 Å². The lowest BCUT2D eigenvalue weighted by molar-refractivity contribution is -0.137. The molecule has 0 spiro atoms. The number of alkyl halides is 3. The maximum atomic E-state index is 12.3. The first-order valence-electron chi connectivity index (χ1n) is 5.91. The molecule has 1 N–H and O–H groups in total. The average Bonchev–Trinajstić information content (AvgIpc) is 2.36. The Bertz CT molecular complexity index is 448. The van der Waals surface area contributed by atoms with Crippen molar-refractivity contribution in [2.45, 2.75) is 26.1 Å².